The van der Waals surface area contributed by atoms with Crippen LogP contribution in [0.1, 0.15) is 32.6 Å². The molecule has 4 rings (SSSR count). The first-order chi connectivity index (χ1) is 16.6. The molecule has 0 saturated carbocycles. The van der Waals surface area contributed by atoms with E-state index in [0.29, 0.717) is 18.1 Å². The normalized spacial score (nSPS) is 14.6. The van der Waals surface area contributed by atoms with Gasteiger partial charge in [0.25, 0.3) is 5.91 Å². The first kappa shape index (κ1) is 23.6. The number of aryl methyl sites for hydroxylation is 1. The van der Waals surface area contributed by atoms with Crippen molar-refractivity contribution < 1.29 is 9.53 Å². The van der Waals surface area contributed by atoms with E-state index in [4.69, 9.17) is 4.74 Å². The van der Waals surface area contributed by atoms with Gasteiger partial charge in [-0.2, -0.15) is 0 Å². The molecule has 176 valence electrons. The summed E-state index contributed by atoms with van der Waals surface area (Å²) in [5, 5.41) is 6.27. The van der Waals surface area contributed by atoms with Gasteiger partial charge in [-0.05, 0) is 66.4 Å². The smallest absolute Gasteiger partial charge is 0.257 e. The predicted molar refractivity (Wildman–Crippen MR) is 135 cm³/mol. The molecular weight excluding hydrogens is 426 g/mol. The molecule has 3 aromatic rings. The van der Waals surface area contributed by atoms with Crippen molar-refractivity contribution in [2.75, 3.05) is 31.6 Å². The Morgan fingerprint density at radius 3 is 2.47 bits per heavy atom. The average Bonchev–Trinajstić information content (AvgIpc) is 2.87. The molecule has 1 aliphatic rings. The standard InChI is InChI=1S/C27H31N5O2/c1-20-4-3-5-25(21(20)2)30-27(29-18-22-10-12-28-13-11-22)31-26(33)24-8-6-23(7-9-24)19-32-14-16-34-17-15-32/h3-13H,14-19H2,1-2H3,(H2,29,30,31,33). The van der Waals surface area contributed by atoms with Crippen LogP contribution in [0.4, 0.5) is 5.69 Å². The summed E-state index contributed by atoms with van der Waals surface area (Å²) >= 11 is 0. The Labute approximate surface area is 200 Å². The molecule has 7 heteroatoms. The van der Waals surface area contributed by atoms with Gasteiger partial charge >= 0.3 is 0 Å². The first-order valence-corrected chi connectivity index (χ1v) is 11.6. The Balaban J connectivity index is 1.47. The molecule has 0 radical (unpaired) electrons. The molecule has 1 saturated heterocycles. The Kier molecular flexibility index (Phi) is 8.01. The molecule has 0 unspecified atom stereocenters. The summed E-state index contributed by atoms with van der Waals surface area (Å²) in [6.45, 7) is 8.81. The zero-order valence-corrected chi connectivity index (χ0v) is 19.8. The number of amides is 1. The van der Waals surface area contributed by atoms with Gasteiger partial charge in [0.1, 0.15) is 0 Å². The lowest BCUT2D eigenvalue weighted by Crippen LogP contribution is -2.36. The number of benzene rings is 2. The van der Waals surface area contributed by atoms with E-state index < -0.39 is 0 Å². The van der Waals surface area contributed by atoms with Crippen molar-refractivity contribution in [1.29, 1.82) is 0 Å². The minimum Gasteiger partial charge on any atom is -0.379 e. The molecule has 1 aliphatic heterocycles. The highest BCUT2D eigenvalue weighted by Crippen LogP contribution is 2.18. The molecule has 1 fully saturated rings. The van der Waals surface area contributed by atoms with Gasteiger partial charge in [0.2, 0.25) is 5.96 Å². The number of anilines is 1. The third-order valence-electron chi connectivity index (χ3n) is 5.98. The van der Waals surface area contributed by atoms with E-state index in [9.17, 15) is 4.79 Å². The minimum atomic E-state index is -0.204. The molecule has 0 atom stereocenters. The number of guanidine groups is 1. The molecule has 1 aromatic heterocycles. The molecule has 0 bridgehead atoms. The maximum atomic E-state index is 13.0. The number of hydrogen-bond acceptors (Lipinski definition) is 5. The number of nitrogens with one attached hydrogen (secondary N) is 2. The topological polar surface area (TPSA) is 78.8 Å². The van der Waals surface area contributed by atoms with Crippen LogP contribution in [-0.4, -0.2) is 48.1 Å². The number of carbonyl (C=O) groups is 1. The van der Waals surface area contributed by atoms with Crippen LogP contribution in [-0.2, 0) is 17.8 Å². The number of nitrogens with zero attached hydrogens (tertiary/aromatic N) is 3. The van der Waals surface area contributed by atoms with Gasteiger partial charge in [0.05, 0.1) is 19.8 Å². The van der Waals surface area contributed by atoms with E-state index >= 15 is 0 Å². The zero-order chi connectivity index (χ0) is 23.8. The first-order valence-electron chi connectivity index (χ1n) is 11.6. The van der Waals surface area contributed by atoms with Gasteiger partial charge < -0.3 is 10.1 Å². The van der Waals surface area contributed by atoms with Gasteiger partial charge in [-0.3, -0.25) is 20.0 Å². The van der Waals surface area contributed by atoms with Crippen molar-refractivity contribution in [2.45, 2.75) is 26.9 Å². The van der Waals surface area contributed by atoms with Crippen molar-refractivity contribution in [3.63, 3.8) is 0 Å². The third-order valence-corrected chi connectivity index (χ3v) is 5.98. The van der Waals surface area contributed by atoms with Crippen LogP contribution in [0.15, 0.2) is 72.0 Å². The van der Waals surface area contributed by atoms with Crippen LogP contribution in [0.3, 0.4) is 0 Å². The molecule has 2 N–H and O–H groups in total. The van der Waals surface area contributed by atoms with E-state index in [1.165, 1.54) is 11.1 Å². The fourth-order valence-corrected chi connectivity index (χ4v) is 3.74. The molecule has 1 amide bonds. The molecule has 2 heterocycles. The fraction of sp³-hybridized carbons (Fsp3) is 0.296. The summed E-state index contributed by atoms with van der Waals surface area (Å²) in [6.07, 6.45) is 3.47. The number of hydrogen-bond donors (Lipinski definition) is 2. The largest absolute Gasteiger partial charge is 0.379 e. The van der Waals surface area contributed by atoms with Crippen molar-refractivity contribution in [3.8, 4) is 0 Å². The number of rotatable bonds is 6. The summed E-state index contributed by atoms with van der Waals surface area (Å²) in [5.41, 5.74) is 5.97. The van der Waals surface area contributed by atoms with E-state index in [1.807, 2.05) is 55.5 Å². The summed E-state index contributed by atoms with van der Waals surface area (Å²) in [7, 11) is 0. The fourth-order valence-electron chi connectivity index (χ4n) is 3.74. The summed E-state index contributed by atoms with van der Waals surface area (Å²) in [5.74, 6) is 0.206. The Bertz CT molecular complexity index is 1120. The molecule has 2 aromatic carbocycles. The van der Waals surface area contributed by atoms with E-state index in [0.717, 1.165) is 49.7 Å². The number of morpholine rings is 1. The van der Waals surface area contributed by atoms with Crippen LogP contribution in [0.25, 0.3) is 0 Å². The predicted octanol–water partition coefficient (Wildman–Crippen LogP) is 3.93. The maximum Gasteiger partial charge on any atom is 0.257 e. The summed E-state index contributed by atoms with van der Waals surface area (Å²) in [6, 6.07) is 17.6. The van der Waals surface area contributed by atoms with Crippen LogP contribution < -0.4 is 10.6 Å². The van der Waals surface area contributed by atoms with Crippen LogP contribution in [0.2, 0.25) is 0 Å². The Morgan fingerprint density at radius 2 is 1.74 bits per heavy atom. The number of pyridine rings is 1. The third kappa shape index (κ3) is 6.50. The minimum absolute atomic E-state index is 0.204. The monoisotopic (exact) mass is 457 g/mol. The van der Waals surface area contributed by atoms with Gasteiger partial charge in [-0.25, -0.2) is 4.99 Å². The number of aromatic nitrogens is 1. The Morgan fingerprint density at radius 1 is 1.00 bits per heavy atom. The second-order valence-electron chi connectivity index (χ2n) is 8.43. The molecular formula is C27H31N5O2. The van der Waals surface area contributed by atoms with Crippen molar-refractivity contribution >= 4 is 17.6 Å². The van der Waals surface area contributed by atoms with Gasteiger partial charge in [0.15, 0.2) is 0 Å². The van der Waals surface area contributed by atoms with Gasteiger partial charge in [-0.15, -0.1) is 0 Å². The van der Waals surface area contributed by atoms with E-state index in [1.54, 1.807) is 12.4 Å². The van der Waals surface area contributed by atoms with Crippen molar-refractivity contribution in [1.82, 2.24) is 15.2 Å². The lowest BCUT2D eigenvalue weighted by Gasteiger charge is -2.26. The van der Waals surface area contributed by atoms with Crippen LogP contribution >= 0.6 is 0 Å². The second kappa shape index (κ2) is 11.5. The summed E-state index contributed by atoms with van der Waals surface area (Å²) < 4.78 is 5.41. The highest BCUT2D eigenvalue weighted by atomic mass is 16.5. The highest BCUT2D eigenvalue weighted by Gasteiger charge is 2.13. The summed E-state index contributed by atoms with van der Waals surface area (Å²) in [4.78, 5) is 24.1. The zero-order valence-electron chi connectivity index (χ0n) is 19.8. The lowest BCUT2D eigenvalue weighted by atomic mass is 10.1. The number of ether oxygens (including phenoxy) is 1. The van der Waals surface area contributed by atoms with E-state index in [2.05, 4.69) is 38.5 Å². The van der Waals surface area contributed by atoms with Crippen LogP contribution in [0, 0.1) is 13.8 Å². The van der Waals surface area contributed by atoms with Crippen molar-refractivity contribution in [3.05, 3.63) is 94.8 Å². The molecule has 7 nitrogen and oxygen atoms in total. The van der Waals surface area contributed by atoms with Crippen LogP contribution in [0.5, 0.6) is 0 Å². The van der Waals surface area contributed by atoms with Crippen molar-refractivity contribution in [2.24, 2.45) is 4.99 Å². The SMILES string of the molecule is Cc1cccc(NC(=NCc2ccncc2)NC(=O)c2ccc(CN3CCOCC3)cc2)c1C. The molecule has 34 heavy (non-hydrogen) atoms. The Hall–Kier alpha value is -3.55. The number of aliphatic imine (C=N–C) groups is 1. The van der Waals surface area contributed by atoms with E-state index in [-0.39, 0.29) is 5.91 Å². The lowest BCUT2D eigenvalue weighted by molar-refractivity contribution is 0.0342. The quantitative estimate of drug-likeness (QED) is 0.433. The average molecular weight is 458 g/mol. The molecule has 0 spiro atoms. The number of carbonyl (C=O) groups excluding carboxylic acids is 1. The van der Waals surface area contributed by atoms with Gasteiger partial charge in [0, 0.05) is 43.3 Å². The van der Waals surface area contributed by atoms with Gasteiger partial charge in [-0.1, -0.05) is 24.3 Å². The molecule has 0 aliphatic carbocycles. The maximum absolute atomic E-state index is 13.0. The highest BCUT2D eigenvalue weighted by molar-refractivity contribution is 6.10. The second-order valence-corrected chi connectivity index (χ2v) is 8.43.